The zero-order valence-corrected chi connectivity index (χ0v) is 12.0. The molecule has 0 saturated carbocycles. The second-order valence-electron chi connectivity index (χ2n) is 5.12. The standard InChI is InChI=1S/C16H12FN3O3/c17-11-2-4-16-12(8-11)13(5-6-23-16)19-14-3-1-10(9-18)7-15(14)20(21)22/h1-4,7-8,13,19H,5-6H2. The van der Waals surface area contributed by atoms with Gasteiger partial charge in [-0.15, -0.1) is 0 Å². The highest BCUT2D eigenvalue weighted by Crippen LogP contribution is 2.37. The van der Waals surface area contributed by atoms with E-state index in [0.717, 1.165) is 0 Å². The van der Waals surface area contributed by atoms with Gasteiger partial charge in [0.25, 0.3) is 5.69 Å². The normalized spacial score (nSPS) is 15.9. The highest BCUT2D eigenvalue weighted by Gasteiger charge is 2.25. The van der Waals surface area contributed by atoms with E-state index >= 15 is 0 Å². The highest BCUT2D eigenvalue weighted by molar-refractivity contribution is 5.65. The smallest absolute Gasteiger partial charge is 0.293 e. The fourth-order valence-electron chi connectivity index (χ4n) is 2.58. The van der Waals surface area contributed by atoms with Crippen LogP contribution >= 0.6 is 0 Å². The number of nitrogens with one attached hydrogen (secondary N) is 1. The Kier molecular flexibility index (Phi) is 3.81. The second-order valence-corrected chi connectivity index (χ2v) is 5.12. The molecule has 1 aliphatic rings. The molecule has 0 aliphatic carbocycles. The molecule has 0 aromatic heterocycles. The Morgan fingerprint density at radius 1 is 1.35 bits per heavy atom. The number of benzene rings is 2. The van der Waals surface area contributed by atoms with E-state index in [1.165, 1.54) is 30.3 Å². The summed E-state index contributed by atoms with van der Waals surface area (Å²) in [6, 6.07) is 10.00. The summed E-state index contributed by atoms with van der Waals surface area (Å²) in [5.41, 5.74) is 0.931. The molecular weight excluding hydrogens is 301 g/mol. The van der Waals surface area contributed by atoms with Crippen molar-refractivity contribution in [1.29, 1.82) is 5.26 Å². The van der Waals surface area contributed by atoms with Crippen LogP contribution in [0.2, 0.25) is 0 Å². The Labute approximate surface area is 131 Å². The highest BCUT2D eigenvalue weighted by atomic mass is 19.1. The van der Waals surface area contributed by atoms with Gasteiger partial charge in [-0.05, 0) is 30.3 Å². The van der Waals surface area contributed by atoms with E-state index in [-0.39, 0.29) is 23.0 Å². The van der Waals surface area contributed by atoms with Crippen LogP contribution in [-0.4, -0.2) is 11.5 Å². The van der Waals surface area contributed by atoms with Gasteiger partial charge in [-0.3, -0.25) is 10.1 Å². The fourth-order valence-corrected chi connectivity index (χ4v) is 2.58. The summed E-state index contributed by atoms with van der Waals surface area (Å²) >= 11 is 0. The topological polar surface area (TPSA) is 88.2 Å². The van der Waals surface area contributed by atoms with Crippen LogP contribution in [0, 0.1) is 27.3 Å². The molecule has 3 rings (SSSR count). The van der Waals surface area contributed by atoms with Gasteiger partial charge in [0.15, 0.2) is 0 Å². The Morgan fingerprint density at radius 3 is 2.91 bits per heavy atom. The van der Waals surface area contributed by atoms with Crippen molar-refractivity contribution in [3.05, 3.63) is 63.5 Å². The van der Waals surface area contributed by atoms with Gasteiger partial charge < -0.3 is 10.1 Å². The molecule has 0 amide bonds. The van der Waals surface area contributed by atoms with Crippen LogP contribution < -0.4 is 10.1 Å². The molecule has 0 radical (unpaired) electrons. The van der Waals surface area contributed by atoms with Crippen LogP contribution in [0.1, 0.15) is 23.6 Å². The third kappa shape index (κ3) is 2.92. The molecule has 0 spiro atoms. The molecule has 1 aliphatic heterocycles. The van der Waals surface area contributed by atoms with E-state index in [4.69, 9.17) is 10.00 Å². The SMILES string of the molecule is N#Cc1ccc(NC2CCOc3ccc(F)cc32)c([N+](=O)[O-])c1. The number of halogens is 1. The summed E-state index contributed by atoms with van der Waals surface area (Å²) in [5.74, 6) is 0.168. The molecule has 0 saturated heterocycles. The summed E-state index contributed by atoms with van der Waals surface area (Å²) in [6.45, 7) is 0.431. The molecule has 6 nitrogen and oxygen atoms in total. The fraction of sp³-hybridized carbons (Fsp3) is 0.188. The largest absolute Gasteiger partial charge is 0.493 e. The molecule has 1 atom stereocenters. The molecule has 2 aromatic carbocycles. The van der Waals surface area contributed by atoms with Crippen molar-refractivity contribution in [2.24, 2.45) is 0 Å². The van der Waals surface area contributed by atoms with Gasteiger partial charge in [0.1, 0.15) is 17.3 Å². The van der Waals surface area contributed by atoms with Crippen LogP contribution in [-0.2, 0) is 0 Å². The van der Waals surface area contributed by atoms with E-state index in [0.29, 0.717) is 24.3 Å². The summed E-state index contributed by atoms with van der Waals surface area (Å²) in [5, 5.41) is 23.1. The quantitative estimate of drug-likeness (QED) is 0.691. The van der Waals surface area contributed by atoms with Gasteiger partial charge in [-0.25, -0.2) is 4.39 Å². The Morgan fingerprint density at radius 2 is 2.17 bits per heavy atom. The summed E-state index contributed by atoms with van der Waals surface area (Å²) in [4.78, 5) is 10.7. The van der Waals surface area contributed by atoms with Crippen LogP contribution in [0.5, 0.6) is 5.75 Å². The van der Waals surface area contributed by atoms with Crippen molar-refractivity contribution in [2.45, 2.75) is 12.5 Å². The van der Waals surface area contributed by atoms with Gasteiger partial charge in [-0.2, -0.15) is 5.26 Å². The van der Waals surface area contributed by atoms with E-state index in [9.17, 15) is 14.5 Å². The van der Waals surface area contributed by atoms with Crippen LogP contribution in [0.4, 0.5) is 15.8 Å². The van der Waals surface area contributed by atoms with E-state index in [1.54, 1.807) is 6.07 Å². The Balaban J connectivity index is 1.97. The van der Waals surface area contributed by atoms with Crippen molar-refractivity contribution >= 4 is 11.4 Å². The van der Waals surface area contributed by atoms with Crippen molar-refractivity contribution in [2.75, 3.05) is 11.9 Å². The number of nitro groups is 1. The minimum atomic E-state index is -0.547. The lowest BCUT2D eigenvalue weighted by Crippen LogP contribution is -2.21. The molecule has 7 heteroatoms. The first-order valence-electron chi connectivity index (χ1n) is 6.96. The van der Waals surface area contributed by atoms with E-state index in [2.05, 4.69) is 5.32 Å². The number of rotatable bonds is 3. The number of ether oxygens (including phenoxy) is 1. The van der Waals surface area contributed by atoms with Gasteiger partial charge in [0.05, 0.1) is 29.2 Å². The Hall–Kier alpha value is -3.14. The number of hydrogen-bond acceptors (Lipinski definition) is 5. The third-order valence-corrected chi connectivity index (χ3v) is 3.66. The minimum Gasteiger partial charge on any atom is -0.493 e. The monoisotopic (exact) mass is 313 g/mol. The molecule has 0 fully saturated rings. The third-order valence-electron chi connectivity index (χ3n) is 3.66. The number of anilines is 1. The molecule has 1 unspecified atom stereocenters. The second kappa shape index (κ2) is 5.93. The number of nitrogens with zero attached hydrogens (tertiary/aromatic N) is 2. The van der Waals surface area contributed by atoms with E-state index < -0.39 is 10.7 Å². The lowest BCUT2D eigenvalue weighted by Gasteiger charge is -2.27. The van der Waals surface area contributed by atoms with Crippen molar-refractivity contribution < 1.29 is 14.1 Å². The van der Waals surface area contributed by atoms with Crippen molar-refractivity contribution in [3.63, 3.8) is 0 Å². The van der Waals surface area contributed by atoms with Crippen LogP contribution in [0.15, 0.2) is 36.4 Å². The van der Waals surface area contributed by atoms with Crippen molar-refractivity contribution in [3.8, 4) is 11.8 Å². The number of hydrogen-bond donors (Lipinski definition) is 1. The molecule has 1 heterocycles. The van der Waals surface area contributed by atoms with Crippen LogP contribution in [0.25, 0.3) is 0 Å². The lowest BCUT2D eigenvalue weighted by atomic mass is 9.99. The number of fused-ring (bicyclic) bond motifs is 1. The maximum Gasteiger partial charge on any atom is 0.293 e. The predicted octanol–water partition coefficient (Wildman–Crippen LogP) is 3.54. The van der Waals surface area contributed by atoms with Gasteiger partial charge in [0.2, 0.25) is 0 Å². The number of nitro benzene ring substituents is 1. The van der Waals surface area contributed by atoms with E-state index in [1.807, 2.05) is 6.07 Å². The zero-order chi connectivity index (χ0) is 16.4. The van der Waals surface area contributed by atoms with Gasteiger partial charge >= 0.3 is 0 Å². The molecule has 1 N–H and O–H groups in total. The first-order valence-corrected chi connectivity index (χ1v) is 6.96. The minimum absolute atomic E-state index is 0.187. The first kappa shape index (κ1) is 14.8. The average molecular weight is 313 g/mol. The molecule has 0 bridgehead atoms. The number of nitriles is 1. The maximum absolute atomic E-state index is 13.5. The Bertz CT molecular complexity index is 817. The maximum atomic E-state index is 13.5. The summed E-state index contributed by atoms with van der Waals surface area (Å²) in [6.07, 6.45) is 0.549. The summed E-state index contributed by atoms with van der Waals surface area (Å²) in [7, 11) is 0. The lowest BCUT2D eigenvalue weighted by molar-refractivity contribution is -0.384. The van der Waals surface area contributed by atoms with Crippen molar-refractivity contribution in [1.82, 2.24) is 0 Å². The molecule has 116 valence electrons. The molecule has 23 heavy (non-hydrogen) atoms. The van der Waals surface area contributed by atoms with Crippen LogP contribution in [0.3, 0.4) is 0 Å². The van der Waals surface area contributed by atoms with Gasteiger partial charge in [0, 0.05) is 18.1 Å². The molecule has 2 aromatic rings. The molecular formula is C16H12FN3O3. The summed E-state index contributed by atoms with van der Waals surface area (Å²) < 4.78 is 19.0. The van der Waals surface area contributed by atoms with Gasteiger partial charge in [-0.1, -0.05) is 0 Å². The first-order chi connectivity index (χ1) is 11.1. The average Bonchev–Trinajstić information content (AvgIpc) is 2.55. The zero-order valence-electron chi connectivity index (χ0n) is 12.0. The predicted molar refractivity (Wildman–Crippen MR) is 80.7 cm³/mol.